The van der Waals surface area contributed by atoms with Crippen molar-refractivity contribution < 1.29 is 14.6 Å². The van der Waals surface area contributed by atoms with E-state index < -0.39 is 5.97 Å². The summed E-state index contributed by atoms with van der Waals surface area (Å²) < 4.78 is 6.94. The molecule has 3 aromatic rings. The number of carboxylic acids is 1. The Morgan fingerprint density at radius 1 is 1.36 bits per heavy atom. The van der Waals surface area contributed by atoms with E-state index in [9.17, 15) is 9.90 Å². The summed E-state index contributed by atoms with van der Waals surface area (Å²) in [6.07, 6.45) is 2.24. The molecular weight excluding hydrogens is 282 g/mol. The quantitative estimate of drug-likeness (QED) is 0.801. The van der Waals surface area contributed by atoms with Crippen molar-refractivity contribution in [3.63, 3.8) is 0 Å². The van der Waals surface area contributed by atoms with Crippen molar-refractivity contribution in [2.45, 2.75) is 13.3 Å². The zero-order valence-electron chi connectivity index (χ0n) is 12.3. The van der Waals surface area contributed by atoms with Gasteiger partial charge in [-0.05, 0) is 24.6 Å². The van der Waals surface area contributed by atoms with E-state index in [1.54, 1.807) is 11.5 Å². The highest BCUT2D eigenvalue weighted by Gasteiger charge is 2.16. The van der Waals surface area contributed by atoms with Gasteiger partial charge in [0.15, 0.2) is 11.3 Å². The molecule has 2 heterocycles. The van der Waals surface area contributed by atoms with Crippen molar-refractivity contribution in [1.29, 1.82) is 0 Å². The van der Waals surface area contributed by atoms with Crippen molar-refractivity contribution in [2.24, 2.45) is 0 Å². The van der Waals surface area contributed by atoms with Gasteiger partial charge >= 0.3 is 5.97 Å². The number of aryl methyl sites for hydroxylation is 1. The Morgan fingerprint density at radius 2 is 2.18 bits per heavy atom. The van der Waals surface area contributed by atoms with Crippen LogP contribution in [0.1, 0.15) is 23.1 Å². The van der Waals surface area contributed by atoms with E-state index in [0.29, 0.717) is 11.3 Å². The number of aromatic nitrogens is 3. The number of rotatable bonds is 4. The minimum Gasteiger partial charge on any atom is -0.497 e. The average Bonchev–Trinajstić information content (AvgIpc) is 2.98. The molecule has 0 aliphatic rings. The fourth-order valence-electron chi connectivity index (χ4n) is 2.39. The van der Waals surface area contributed by atoms with Crippen LogP contribution in [0.15, 0.2) is 36.7 Å². The Balaban J connectivity index is 2.25. The molecule has 0 unspecified atom stereocenters. The van der Waals surface area contributed by atoms with Crippen molar-refractivity contribution in [3.05, 3.63) is 48.0 Å². The largest absolute Gasteiger partial charge is 0.497 e. The Bertz CT molecular complexity index is 855. The molecule has 0 bridgehead atoms. The number of hydrogen-bond donors (Lipinski definition) is 1. The highest BCUT2D eigenvalue weighted by molar-refractivity contribution is 5.92. The maximum Gasteiger partial charge on any atom is 0.358 e. The first-order valence-corrected chi connectivity index (χ1v) is 6.88. The summed E-state index contributed by atoms with van der Waals surface area (Å²) in [7, 11) is 1.60. The van der Waals surface area contributed by atoms with Crippen LogP contribution in [-0.2, 0) is 6.42 Å². The van der Waals surface area contributed by atoms with E-state index in [1.807, 2.05) is 37.3 Å². The number of fused-ring (bicyclic) bond motifs is 1. The van der Waals surface area contributed by atoms with Gasteiger partial charge in [-0.25, -0.2) is 14.8 Å². The highest BCUT2D eigenvalue weighted by Crippen LogP contribution is 2.25. The molecule has 6 nitrogen and oxygen atoms in total. The summed E-state index contributed by atoms with van der Waals surface area (Å²) in [6.45, 7) is 2.00. The molecule has 0 amide bonds. The molecule has 0 spiro atoms. The van der Waals surface area contributed by atoms with Gasteiger partial charge in [-0.1, -0.05) is 19.1 Å². The summed E-state index contributed by atoms with van der Waals surface area (Å²) in [5.41, 5.74) is 2.83. The van der Waals surface area contributed by atoms with E-state index in [0.717, 1.165) is 23.4 Å². The fraction of sp³-hybridized carbons (Fsp3) is 0.188. The number of nitrogens with zero attached hydrogens (tertiary/aromatic N) is 3. The number of carbonyl (C=O) groups is 1. The van der Waals surface area contributed by atoms with Gasteiger partial charge < -0.3 is 9.84 Å². The van der Waals surface area contributed by atoms with Crippen molar-refractivity contribution in [2.75, 3.05) is 7.11 Å². The third-order valence-corrected chi connectivity index (χ3v) is 3.51. The zero-order chi connectivity index (χ0) is 15.7. The van der Waals surface area contributed by atoms with Gasteiger partial charge in [-0.15, -0.1) is 0 Å². The molecule has 0 fully saturated rings. The molecule has 2 aromatic heterocycles. The predicted octanol–water partition coefficient (Wildman–Crippen LogP) is 2.67. The summed E-state index contributed by atoms with van der Waals surface area (Å²) in [4.78, 5) is 19.7. The summed E-state index contributed by atoms with van der Waals surface area (Å²) in [5, 5.41) is 9.24. The van der Waals surface area contributed by atoms with E-state index in [4.69, 9.17) is 4.74 Å². The lowest BCUT2D eigenvalue weighted by Gasteiger charge is -2.08. The minimum absolute atomic E-state index is 0.0422. The Hall–Kier alpha value is -2.89. The second-order valence-corrected chi connectivity index (χ2v) is 4.81. The predicted molar refractivity (Wildman–Crippen MR) is 81.3 cm³/mol. The van der Waals surface area contributed by atoms with Crippen LogP contribution in [0.3, 0.4) is 0 Å². The van der Waals surface area contributed by atoms with Crippen LogP contribution in [0.25, 0.3) is 16.9 Å². The number of ether oxygens (including phenoxy) is 1. The molecule has 6 heteroatoms. The maximum absolute atomic E-state index is 11.3. The molecule has 0 radical (unpaired) electrons. The molecule has 112 valence electrons. The lowest BCUT2D eigenvalue weighted by atomic mass is 10.1. The molecule has 0 saturated carbocycles. The Labute approximate surface area is 127 Å². The van der Waals surface area contributed by atoms with Gasteiger partial charge in [0.25, 0.3) is 0 Å². The molecule has 1 aromatic carbocycles. The Morgan fingerprint density at radius 3 is 2.86 bits per heavy atom. The zero-order valence-corrected chi connectivity index (χ0v) is 12.3. The number of aromatic carboxylic acids is 1. The van der Waals surface area contributed by atoms with E-state index >= 15 is 0 Å². The second kappa shape index (κ2) is 5.48. The van der Waals surface area contributed by atoms with Gasteiger partial charge in [-0.2, -0.15) is 0 Å². The molecular formula is C16H15N3O3. The van der Waals surface area contributed by atoms with Crippen LogP contribution in [0.4, 0.5) is 0 Å². The van der Waals surface area contributed by atoms with Crippen molar-refractivity contribution >= 4 is 11.6 Å². The maximum atomic E-state index is 11.3. The van der Waals surface area contributed by atoms with Crippen LogP contribution in [-0.4, -0.2) is 32.6 Å². The van der Waals surface area contributed by atoms with Gasteiger partial charge in [-0.3, -0.25) is 4.40 Å². The van der Waals surface area contributed by atoms with Gasteiger partial charge in [0.05, 0.1) is 12.8 Å². The standard InChI is InChI=1S/C16H15N3O3/c1-3-11-8-13(10-5-4-6-12(7-10)22-2)18-15-14(16(20)21)17-9-19(11)15/h4-9H,3H2,1-2H3,(H,20,21). The lowest BCUT2D eigenvalue weighted by molar-refractivity contribution is 0.0693. The van der Waals surface area contributed by atoms with E-state index in [2.05, 4.69) is 9.97 Å². The summed E-state index contributed by atoms with van der Waals surface area (Å²) in [6, 6.07) is 9.45. The SMILES string of the molecule is CCc1cc(-c2cccc(OC)c2)nc2c(C(=O)O)ncn12. The number of carboxylic acid groups (broad SMARTS) is 1. The van der Waals surface area contributed by atoms with Crippen LogP contribution in [0, 0.1) is 0 Å². The number of imidazole rings is 1. The first-order chi connectivity index (χ1) is 10.6. The fourth-order valence-corrected chi connectivity index (χ4v) is 2.39. The third-order valence-electron chi connectivity index (χ3n) is 3.51. The van der Waals surface area contributed by atoms with Crippen LogP contribution in [0.2, 0.25) is 0 Å². The van der Waals surface area contributed by atoms with E-state index in [1.165, 1.54) is 6.33 Å². The summed E-state index contributed by atoms with van der Waals surface area (Å²) >= 11 is 0. The number of hydrogen-bond acceptors (Lipinski definition) is 4. The van der Waals surface area contributed by atoms with Crippen LogP contribution in [0.5, 0.6) is 5.75 Å². The summed E-state index contributed by atoms with van der Waals surface area (Å²) in [5.74, 6) is -0.357. The van der Waals surface area contributed by atoms with E-state index in [-0.39, 0.29) is 5.69 Å². The van der Waals surface area contributed by atoms with Gasteiger partial charge in [0.1, 0.15) is 12.1 Å². The number of benzene rings is 1. The molecule has 0 saturated heterocycles. The third kappa shape index (κ3) is 2.28. The lowest BCUT2D eigenvalue weighted by Crippen LogP contribution is -2.03. The highest BCUT2D eigenvalue weighted by atomic mass is 16.5. The molecule has 22 heavy (non-hydrogen) atoms. The second-order valence-electron chi connectivity index (χ2n) is 4.81. The van der Waals surface area contributed by atoms with Crippen LogP contribution < -0.4 is 4.74 Å². The van der Waals surface area contributed by atoms with Crippen molar-refractivity contribution in [3.8, 4) is 17.0 Å². The first-order valence-electron chi connectivity index (χ1n) is 6.88. The topological polar surface area (TPSA) is 76.7 Å². The van der Waals surface area contributed by atoms with Crippen LogP contribution >= 0.6 is 0 Å². The monoisotopic (exact) mass is 297 g/mol. The normalized spacial score (nSPS) is 10.8. The van der Waals surface area contributed by atoms with Gasteiger partial charge in [0, 0.05) is 11.3 Å². The molecule has 0 aliphatic heterocycles. The molecule has 0 atom stereocenters. The minimum atomic E-state index is -1.08. The average molecular weight is 297 g/mol. The number of methoxy groups -OCH3 is 1. The molecule has 0 aliphatic carbocycles. The van der Waals surface area contributed by atoms with Crippen molar-refractivity contribution in [1.82, 2.24) is 14.4 Å². The Kier molecular flexibility index (Phi) is 3.50. The molecule has 3 rings (SSSR count). The molecule has 1 N–H and O–H groups in total. The smallest absolute Gasteiger partial charge is 0.358 e. The first kappa shape index (κ1) is 14.1. The van der Waals surface area contributed by atoms with Gasteiger partial charge in [0.2, 0.25) is 0 Å².